The fraction of sp³-hybridized carbons (Fsp3) is 0.348. The van der Waals surface area contributed by atoms with Gasteiger partial charge in [0.1, 0.15) is 18.2 Å². The van der Waals surface area contributed by atoms with Crippen LogP contribution in [-0.4, -0.2) is 34.0 Å². The van der Waals surface area contributed by atoms with Gasteiger partial charge in [-0.25, -0.2) is 12.7 Å². The smallest absolute Gasteiger partial charge is 0.268 e. The van der Waals surface area contributed by atoms with Crippen molar-refractivity contribution in [1.29, 1.82) is 0 Å². The Bertz CT molecular complexity index is 1180. The number of aryl methyl sites for hydroxylation is 1. The van der Waals surface area contributed by atoms with E-state index in [1.165, 1.54) is 7.11 Å². The van der Waals surface area contributed by atoms with Crippen LogP contribution in [0.25, 0.3) is 11.1 Å². The van der Waals surface area contributed by atoms with Crippen molar-refractivity contribution in [2.75, 3.05) is 24.8 Å². The van der Waals surface area contributed by atoms with Crippen LogP contribution >= 0.6 is 15.9 Å². The van der Waals surface area contributed by atoms with Crippen LogP contribution < -0.4 is 9.04 Å². The van der Waals surface area contributed by atoms with Crippen molar-refractivity contribution in [3.05, 3.63) is 59.4 Å². The van der Waals surface area contributed by atoms with Gasteiger partial charge in [0.25, 0.3) is 10.0 Å². The van der Waals surface area contributed by atoms with E-state index in [9.17, 15) is 8.42 Å². The average Bonchev–Trinajstić information content (AvgIpc) is 3.13. The van der Waals surface area contributed by atoms with Crippen molar-refractivity contribution in [2.45, 2.75) is 37.4 Å². The normalized spacial score (nSPS) is 11.5. The van der Waals surface area contributed by atoms with Crippen molar-refractivity contribution < 1.29 is 22.4 Å². The second-order valence-electron chi connectivity index (χ2n) is 7.27. The zero-order valence-electron chi connectivity index (χ0n) is 18.6. The number of ether oxygens (including phenoxy) is 2. The Kier molecular flexibility index (Phi) is 7.97. The topological polar surface area (TPSA) is 81.9 Å². The molecular formula is C23H27BrN2O5S. The van der Waals surface area contributed by atoms with Gasteiger partial charge >= 0.3 is 0 Å². The van der Waals surface area contributed by atoms with Gasteiger partial charge in [0.15, 0.2) is 5.82 Å². The zero-order valence-corrected chi connectivity index (χ0v) is 21.0. The Labute approximate surface area is 197 Å². The van der Waals surface area contributed by atoms with Gasteiger partial charge in [-0.05, 0) is 38.0 Å². The first-order valence-electron chi connectivity index (χ1n) is 10.2. The maximum absolute atomic E-state index is 13.8. The van der Waals surface area contributed by atoms with E-state index >= 15 is 0 Å². The van der Waals surface area contributed by atoms with E-state index in [1.807, 2.05) is 31.2 Å². The van der Waals surface area contributed by atoms with Crippen molar-refractivity contribution >= 4 is 31.8 Å². The van der Waals surface area contributed by atoms with E-state index in [0.717, 1.165) is 16.3 Å². The molecule has 172 valence electrons. The lowest BCUT2D eigenvalue weighted by atomic mass is 10.0. The summed E-state index contributed by atoms with van der Waals surface area (Å²) in [7, 11) is -2.60. The lowest BCUT2D eigenvalue weighted by molar-refractivity contribution is 0.208. The highest BCUT2D eigenvalue weighted by atomic mass is 79.9. The minimum Gasteiger partial charge on any atom is -0.493 e. The van der Waals surface area contributed by atoms with E-state index in [4.69, 9.17) is 14.0 Å². The second kappa shape index (κ2) is 10.5. The number of rotatable bonds is 10. The minimum absolute atomic E-state index is 0.130. The van der Waals surface area contributed by atoms with Crippen LogP contribution in [0, 0.1) is 13.8 Å². The summed E-state index contributed by atoms with van der Waals surface area (Å²) in [5.41, 5.74) is 2.91. The molecule has 0 spiro atoms. The highest BCUT2D eigenvalue weighted by Gasteiger charge is 2.32. The molecule has 0 bridgehead atoms. The van der Waals surface area contributed by atoms with Crippen LogP contribution in [-0.2, 0) is 20.1 Å². The molecule has 0 N–H and O–H groups in total. The Balaban J connectivity index is 2.18. The van der Waals surface area contributed by atoms with Crippen LogP contribution in [0.5, 0.6) is 5.75 Å². The number of anilines is 1. The van der Waals surface area contributed by atoms with E-state index in [1.54, 1.807) is 32.0 Å². The van der Waals surface area contributed by atoms with E-state index in [2.05, 4.69) is 21.1 Å². The molecule has 0 aliphatic heterocycles. The number of alkyl halides is 1. The molecule has 0 aliphatic carbocycles. The van der Waals surface area contributed by atoms with Gasteiger partial charge in [-0.2, -0.15) is 0 Å². The molecule has 7 nitrogen and oxygen atoms in total. The van der Waals surface area contributed by atoms with Crippen molar-refractivity contribution in [2.24, 2.45) is 0 Å². The summed E-state index contributed by atoms with van der Waals surface area (Å²) in [4.78, 5) is 0.130. The number of hydrogen-bond donors (Lipinski definition) is 0. The Morgan fingerprint density at radius 2 is 1.88 bits per heavy atom. The molecule has 0 fully saturated rings. The fourth-order valence-corrected chi connectivity index (χ4v) is 5.17. The minimum atomic E-state index is -4.04. The largest absolute Gasteiger partial charge is 0.493 e. The summed E-state index contributed by atoms with van der Waals surface area (Å²) in [6.45, 7) is 5.85. The molecule has 3 aromatic rings. The fourth-order valence-electron chi connectivity index (χ4n) is 3.24. The van der Waals surface area contributed by atoms with E-state index < -0.39 is 10.0 Å². The Morgan fingerprint density at radius 3 is 2.50 bits per heavy atom. The first-order valence-corrected chi connectivity index (χ1v) is 12.8. The third-order valence-corrected chi connectivity index (χ3v) is 7.44. The summed E-state index contributed by atoms with van der Waals surface area (Å²) < 4.78 is 45.2. The van der Waals surface area contributed by atoms with Crippen LogP contribution in [0.2, 0.25) is 0 Å². The highest BCUT2D eigenvalue weighted by molar-refractivity contribution is 9.08. The molecule has 0 radical (unpaired) electrons. The predicted octanol–water partition coefficient (Wildman–Crippen LogP) is 5.44. The van der Waals surface area contributed by atoms with Crippen LogP contribution in [0.15, 0.2) is 51.9 Å². The summed E-state index contributed by atoms with van der Waals surface area (Å²) in [5.74, 6) is 1.39. The molecule has 0 saturated heterocycles. The molecule has 9 heteroatoms. The molecular weight excluding hydrogens is 496 g/mol. The van der Waals surface area contributed by atoms with Gasteiger partial charge in [-0.3, -0.25) is 0 Å². The zero-order chi connectivity index (χ0) is 23.3. The third kappa shape index (κ3) is 4.84. The van der Waals surface area contributed by atoms with E-state index in [0.29, 0.717) is 40.1 Å². The molecule has 0 amide bonds. The molecule has 0 atom stereocenters. The number of nitrogens with zero attached hydrogens (tertiary/aromatic N) is 2. The lowest BCUT2D eigenvalue weighted by Crippen LogP contribution is -2.34. The molecule has 1 aromatic heterocycles. The van der Waals surface area contributed by atoms with Crippen molar-refractivity contribution in [1.82, 2.24) is 5.16 Å². The number of aromatic nitrogens is 1. The van der Waals surface area contributed by atoms with Gasteiger partial charge in [-0.15, -0.1) is 0 Å². The van der Waals surface area contributed by atoms with Gasteiger partial charge in [0.2, 0.25) is 0 Å². The Hall–Kier alpha value is -2.36. The average molecular weight is 523 g/mol. The van der Waals surface area contributed by atoms with E-state index in [-0.39, 0.29) is 17.4 Å². The summed E-state index contributed by atoms with van der Waals surface area (Å²) in [6.07, 6.45) is 0.838. The SMILES string of the molecule is CCCOc1cc(CBr)ccc1-c1ccccc1S(=O)(=O)N(COC)c1noc(C)c1C. The van der Waals surface area contributed by atoms with Gasteiger partial charge < -0.3 is 14.0 Å². The molecule has 0 aliphatic rings. The molecule has 0 saturated carbocycles. The van der Waals surface area contributed by atoms with Crippen LogP contribution in [0.1, 0.15) is 30.2 Å². The summed E-state index contributed by atoms with van der Waals surface area (Å²) >= 11 is 3.47. The van der Waals surface area contributed by atoms with Crippen LogP contribution in [0.3, 0.4) is 0 Å². The Morgan fingerprint density at radius 1 is 1.12 bits per heavy atom. The number of halogens is 1. The molecule has 32 heavy (non-hydrogen) atoms. The maximum atomic E-state index is 13.8. The molecule has 3 rings (SSSR count). The highest BCUT2D eigenvalue weighted by Crippen LogP contribution is 2.38. The van der Waals surface area contributed by atoms with Crippen LogP contribution in [0.4, 0.5) is 5.82 Å². The second-order valence-corrected chi connectivity index (χ2v) is 9.66. The summed E-state index contributed by atoms with van der Waals surface area (Å²) in [6, 6.07) is 12.6. The predicted molar refractivity (Wildman–Crippen MR) is 128 cm³/mol. The summed E-state index contributed by atoms with van der Waals surface area (Å²) in [5, 5.41) is 4.64. The van der Waals surface area contributed by atoms with Gasteiger partial charge in [-0.1, -0.05) is 58.3 Å². The number of sulfonamides is 1. The molecule has 0 unspecified atom stereocenters. The first-order chi connectivity index (χ1) is 15.3. The maximum Gasteiger partial charge on any atom is 0.268 e. The molecule has 1 heterocycles. The van der Waals surface area contributed by atoms with Gasteiger partial charge in [0, 0.05) is 29.1 Å². The van der Waals surface area contributed by atoms with Crippen molar-refractivity contribution in [3.8, 4) is 16.9 Å². The van der Waals surface area contributed by atoms with Gasteiger partial charge in [0.05, 0.1) is 11.5 Å². The lowest BCUT2D eigenvalue weighted by Gasteiger charge is -2.23. The number of hydrogen-bond acceptors (Lipinski definition) is 6. The third-order valence-electron chi connectivity index (χ3n) is 5.02. The standard InChI is InChI=1S/C23H27BrN2O5S/c1-5-12-30-21-13-18(14-24)10-11-19(21)20-8-6-7-9-22(20)32(27,28)26(15-29-4)23-16(2)17(3)31-25-23/h6-11,13H,5,12,14-15H2,1-4H3. The number of methoxy groups -OCH3 is 1. The molecule has 2 aromatic carbocycles. The number of benzene rings is 2. The quantitative estimate of drug-likeness (QED) is 0.260. The van der Waals surface area contributed by atoms with Crippen molar-refractivity contribution in [3.63, 3.8) is 0 Å². The first kappa shape index (κ1) is 24.3. The monoisotopic (exact) mass is 522 g/mol.